The van der Waals surface area contributed by atoms with Gasteiger partial charge in [0.15, 0.2) is 0 Å². The molecule has 3 heterocycles. The van der Waals surface area contributed by atoms with Crippen LogP contribution in [0.2, 0.25) is 0 Å². The Kier molecular flexibility index (Phi) is 3.83. The molecule has 0 unspecified atom stereocenters. The second kappa shape index (κ2) is 5.77. The lowest BCUT2D eigenvalue weighted by molar-refractivity contribution is -0.121. The van der Waals surface area contributed by atoms with E-state index in [9.17, 15) is 4.79 Å². The van der Waals surface area contributed by atoms with Crippen molar-refractivity contribution >= 4 is 11.7 Å². The summed E-state index contributed by atoms with van der Waals surface area (Å²) >= 11 is 0. The number of amides is 1. The van der Waals surface area contributed by atoms with Gasteiger partial charge in [0.25, 0.3) is 5.78 Å². The largest absolute Gasteiger partial charge is 0.376 e. The summed E-state index contributed by atoms with van der Waals surface area (Å²) in [7, 11) is 0. The summed E-state index contributed by atoms with van der Waals surface area (Å²) < 4.78 is 7.16. The summed E-state index contributed by atoms with van der Waals surface area (Å²) in [5.74, 6) is 0.548. The maximum absolute atomic E-state index is 12.1. The fourth-order valence-corrected chi connectivity index (χ4v) is 2.67. The van der Waals surface area contributed by atoms with E-state index in [-0.39, 0.29) is 12.0 Å². The molecule has 0 radical (unpaired) electrons. The van der Waals surface area contributed by atoms with Crippen LogP contribution in [0.3, 0.4) is 0 Å². The fourth-order valence-electron chi connectivity index (χ4n) is 2.67. The third kappa shape index (κ3) is 2.87. The van der Waals surface area contributed by atoms with Gasteiger partial charge in [-0.05, 0) is 26.7 Å². The number of fused-ring (bicyclic) bond motifs is 1. The first-order chi connectivity index (χ1) is 10.1. The van der Waals surface area contributed by atoms with Crippen LogP contribution in [0, 0.1) is 13.8 Å². The van der Waals surface area contributed by atoms with Crippen LogP contribution in [0.25, 0.3) is 5.78 Å². The standard InChI is InChI=1S/C14H19N5O2/c1-9-12(10(2)19-14(18-9)16-8-17-19)6-13(20)15-7-11-4-3-5-21-11/h8,11H,3-7H2,1-2H3,(H,15,20)/t11-/m0/s1. The van der Waals surface area contributed by atoms with Crippen molar-refractivity contribution in [2.75, 3.05) is 13.2 Å². The maximum atomic E-state index is 12.1. The van der Waals surface area contributed by atoms with Gasteiger partial charge in [0, 0.05) is 30.1 Å². The minimum atomic E-state index is -0.0158. The van der Waals surface area contributed by atoms with Gasteiger partial charge in [-0.1, -0.05) is 0 Å². The molecule has 0 spiro atoms. The molecule has 7 nitrogen and oxygen atoms in total. The van der Waals surface area contributed by atoms with E-state index in [1.807, 2.05) is 13.8 Å². The van der Waals surface area contributed by atoms with Gasteiger partial charge in [0.1, 0.15) is 6.33 Å². The van der Waals surface area contributed by atoms with E-state index in [1.165, 1.54) is 6.33 Å². The molecule has 21 heavy (non-hydrogen) atoms. The number of carbonyl (C=O) groups is 1. The SMILES string of the molecule is Cc1nc2ncnn2c(C)c1CC(=O)NC[C@@H]1CCCO1. The van der Waals surface area contributed by atoms with Gasteiger partial charge in [-0.15, -0.1) is 0 Å². The Morgan fingerprint density at radius 3 is 3.14 bits per heavy atom. The molecule has 2 aromatic rings. The first kappa shape index (κ1) is 13.9. The minimum Gasteiger partial charge on any atom is -0.376 e. The molecule has 1 fully saturated rings. The van der Waals surface area contributed by atoms with Crippen molar-refractivity contribution in [3.63, 3.8) is 0 Å². The van der Waals surface area contributed by atoms with Crippen molar-refractivity contribution in [3.05, 3.63) is 23.3 Å². The predicted molar refractivity (Wildman–Crippen MR) is 75.9 cm³/mol. The zero-order valence-electron chi connectivity index (χ0n) is 12.3. The number of aromatic nitrogens is 4. The third-order valence-electron chi connectivity index (χ3n) is 3.88. The Morgan fingerprint density at radius 1 is 1.52 bits per heavy atom. The number of rotatable bonds is 4. The van der Waals surface area contributed by atoms with Crippen molar-refractivity contribution in [1.29, 1.82) is 0 Å². The van der Waals surface area contributed by atoms with Crippen LogP contribution < -0.4 is 5.32 Å². The van der Waals surface area contributed by atoms with E-state index in [1.54, 1.807) is 4.52 Å². The Bertz CT molecular complexity index is 661. The van der Waals surface area contributed by atoms with E-state index in [4.69, 9.17) is 4.74 Å². The van der Waals surface area contributed by atoms with Crippen molar-refractivity contribution in [1.82, 2.24) is 24.9 Å². The van der Waals surface area contributed by atoms with Gasteiger partial charge in [-0.2, -0.15) is 10.1 Å². The minimum absolute atomic E-state index is 0.0158. The van der Waals surface area contributed by atoms with Crippen LogP contribution in [0.15, 0.2) is 6.33 Å². The van der Waals surface area contributed by atoms with Gasteiger partial charge in [0.2, 0.25) is 5.91 Å². The first-order valence-corrected chi connectivity index (χ1v) is 7.19. The molecule has 1 aliphatic rings. The molecule has 0 saturated carbocycles. The predicted octanol–water partition coefficient (Wildman–Crippen LogP) is 0.579. The molecule has 3 rings (SSSR count). The number of hydrogen-bond acceptors (Lipinski definition) is 5. The monoisotopic (exact) mass is 289 g/mol. The smallest absolute Gasteiger partial charge is 0.252 e. The molecule has 7 heteroatoms. The van der Waals surface area contributed by atoms with Crippen LogP contribution in [0.5, 0.6) is 0 Å². The molecule has 0 aliphatic carbocycles. The van der Waals surface area contributed by atoms with Crippen molar-refractivity contribution in [2.24, 2.45) is 0 Å². The maximum Gasteiger partial charge on any atom is 0.252 e. The van der Waals surface area contributed by atoms with Crippen LogP contribution in [0.4, 0.5) is 0 Å². The van der Waals surface area contributed by atoms with E-state index in [0.29, 0.717) is 18.7 Å². The summed E-state index contributed by atoms with van der Waals surface area (Å²) in [6.07, 6.45) is 4.02. The van der Waals surface area contributed by atoms with Crippen molar-refractivity contribution in [2.45, 2.75) is 39.2 Å². The number of aryl methyl sites for hydroxylation is 2. The molecule has 0 bridgehead atoms. The molecular weight excluding hydrogens is 270 g/mol. The molecule has 1 aliphatic heterocycles. The average molecular weight is 289 g/mol. The highest BCUT2D eigenvalue weighted by atomic mass is 16.5. The molecule has 1 N–H and O–H groups in total. The number of hydrogen-bond donors (Lipinski definition) is 1. The van der Waals surface area contributed by atoms with E-state index >= 15 is 0 Å². The lowest BCUT2D eigenvalue weighted by Crippen LogP contribution is -2.33. The zero-order chi connectivity index (χ0) is 14.8. The fraction of sp³-hybridized carbons (Fsp3) is 0.571. The van der Waals surface area contributed by atoms with Crippen molar-refractivity contribution in [3.8, 4) is 0 Å². The van der Waals surface area contributed by atoms with Crippen LogP contribution in [0.1, 0.15) is 29.8 Å². The Hall–Kier alpha value is -2.02. The van der Waals surface area contributed by atoms with Gasteiger partial charge >= 0.3 is 0 Å². The summed E-state index contributed by atoms with van der Waals surface area (Å²) in [4.78, 5) is 20.6. The third-order valence-corrected chi connectivity index (χ3v) is 3.88. The highest BCUT2D eigenvalue weighted by Gasteiger charge is 2.18. The van der Waals surface area contributed by atoms with Crippen LogP contribution in [-0.4, -0.2) is 44.7 Å². The lowest BCUT2D eigenvalue weighted by atomic mass is 10.1. The Balaban J connectivity index is 1.70. The summed E-state index contributed by atoms with van der Waals surface area (Å²) in [6, 6.07) is 0. The van der Waals surface area contributed by atoms with Gasteiger partial charge < -0.3 is 10.1 Å². The molecule has 1 atom stereocenters. The highest BCUT2D eigenvalue weighted by molar-refractivity contribution is 5.79. The Morgan fingerprint density at radius 2 is 2.38 bits per heavy atom. The van der Waals surface area contributed by atoms with E-state index < -0.39 is 0 Å². The molecule has 1 saturated heterocycles. The normalized spacial score (nSPS) is 18.3. The number of nitrogens with zero attached hydrogens (tertiary/aromatic N) is 4. The van der Waals surface area contributed by atoms with Crippen LogP contribution >= 0.6 is 0 Å². The van der Waals surface area contributed by atoms with Gasteiger partial charge in [-0.3, -0.25) is 4.79 Å². The van der Waals surface area contributed by atoms with Crippen LogP contribution in [-0.2, 0) is 16.0 Å². The number of carbonyl (C=O) groups excluding carboxylic acids is 1. The molecule has 0 aromatic carbocycles. The second-order valence-corrected chi connectivity index (χ2v) is 5.35. The second-order valence-electron chi connectivity index (χ2n) is 5.35. The summed E-state index contributed by atoms with van der Waals surface area (Å²) in [5.41, 5.74) is 2.63. The summed E-state index contributed by atoms with van der Waals surface area (Å²) in [6.45, 7) is 5.20. The molecule has 1 amide bonds. The quantitative estimate of drug-likeness (QED) is 0.890. The lowest BCUT2D eigenvalue weighted by Gasteiger charge is -2.13. The van der Waals surface area contributed by atoms with E-state index in [2.05, 4.69) is 20.4 Å². The highest BCUT2D eigenvalue weighted by Crippen LogP contribution is 2.14. The van der Waals surface area contributed by atoms with E-state index in [0.717, 1.165) is 36.4 Å². The Labute approximate surface area is 122 Å². The summed E-state index contributed by atoms with van der Waals surface area (Å²) in [5, 5.41) is 7.06. The topological polar surface area (TPSA) is 81.4 Å². The molecular formula is C14H19N5O2. The average Bonchev–Trinajstić information content (AvgIpc) is 3.12. The van der Waals surface area contributed by atoms with Gasteiger partial charge in [0.05, 0.1) is 12.5 Å². The van der Waals surface area contributed by atoms with Gasteiger partial charge in [-0.25, -0.2) is 9.50 Å². The molecule has 2 aromatic heterocycles. The number of nitrogens with one attached hydrogen (secondary N) is 1. The molecule has 112 valence electrons. The zero-order valence-corrected chi connectivity index (χ0v) is 12.3. The first-order valence-electron chi connectivity index (χ1n) is 7.19. The number of ether oxygens (including phenoxy) is 1. The van der Waals surface area contributed by atoms with Crippen molar-refractivity contribution < 1.29 is 9.53 Å².